The van der Waals surface area contributed by atoms with Gasteiger partial charge >= 0.3 is 8.80 Å². The van der Waals surface area contributed by atoms with Crippen LogP contribution in [0.3, 0.4) is 0 Å². The van der Waals surface area contributed by atoms with Crippen LogP contribution in [0.1, 0.15) is 102 Å². The molecular formula is C23H41ClO3Si. The average Bonchev–Trinajstić information content (AvgIpc) is 2.73. The predicted molar refractivity (Wildman–Crippen MR) is 122 cm³/mol. The Labute approximate surface area is 179 Å². The molecule has 0 saturated carbocycles. The van der Waals surface area contributed by atoms with Crippen molar-refractivity contribution in [2.75, 3.05) is 19.8 Å². The molecule has 5 heteroatoms. The number of hydrogen-bond donors (Lipinski definition) is 0. The lowest BCUT2D eigenvalue weighted by Gasteiger charge is -2.35. The lowest BCUT2D eigenvalue weighted by molar-refractivity contribution is 0.0488. The standard InChI is InChI=1S/C23H41ClO3Si/c1-6-10-17-25-28(26-18-11-7-2,27-19-12-8-3)20(5)21-13-15-22(16-14-21)23(24)9-4/h13-16,20,23H,6-12,17-19H2,1-5H3. The number of unbranched alkanes of at least 4 members (excludes halogenated alkanes) is 3. The Morgan fingerprint density at radius 2 is 1.14 bits per heavy atom. The first kappa shape index (κ1) is 25.6. The maximum absolute atomic E-state index is 6.45. The van der Waals surface area contributed by atoms with Gasteiger partial charge in [0.25, 0.3) is 0 Å². The second kappa shape index (κ2) is 14.6. The molecule has 162 valence electrons. The van der Waals surface area contributed by atoms with E-state index in [1.54, 1.807) is 0 Å². The predicted octanol–water partition coefficient (Wildman–Crippen LogP) is 7.41. The first-order valence-corrected chi connectivity index (χ1v) is 13.4. The molecular weight excluding hydrogens is 388 g/mol. The fourth-order valence-corrected chi connectivity index (χ4v) is 6.04. The van der Waals surface area contributed by atoms with E-state index in [0.29, 0.717) is 19.8 Å². The minimum Gasteiger partial charge on any atom is -0.373 e. The summed E-state index contributed by atoms with van der Waals surface area (Å²) in [5.74, 6) is 0. The Kier molecular flexibility index (Phi) is 13.3. The molecule has 3 nitrogen and oxygen atoms in total. The third-order valence-corrected chi connectivity index (χ3v) is 8.86. The Balaban J connectivity index is 3.07. The molecule has 0 aliphatic rings. The van der Waals surface area contributed by atoms with Gasteiger partial charge in [0.15, 0.2) is 0 Å². The van der Waals surface area contributed by atoms with Gasteiger partial charge in [-0.1, -0.05) is 78.1 Å². The molecule has 1 aromatic rings. The van der Waals surface area contributed by atoms with E-state index in [2.05, 4.69) is 58.9 Å². The van der Waals surface area contributed by atoms with E-state index in [1.807, 2.05) is 0 Å². The van der Waals surface area contributed by atoms with Crippen LogP contribution in [-0.4, -0.2) is 28.6 Å². The molecule has 1 rings (SSSR count). The number of benzene rings is 1. The van der Waals surface area contributed by atoms with E-state index < -0.39 is 8.80 Å². The number of rotatable bonds is 16. The van der Waals surface area contributed by atoms with Gasteiger partial charge < -0.3 is 13.3 Å². The maximum Gasteiger partial charge on any atom is 0.508 e. The van der Waals surface area contributed by atoms with Crippen LogP contribution in [0.15, 0.2) is 24.3 Å². The van der Waals surface area contributed by atoms with Crippen LogP contribution in [0.25, 0.3) is 0 Å². The summed E-state index contributed by atoms with van der Waals surface area (Å²) in [5, 5.41) is 0.0637. The summed E-state index contributed by atoms with van der Waals surface area (Å²) in [7, 11) is -2.84. The number of alkyl halides is 1. The van der Waals surface area contributed by atoms with Crippen molar-refractivity contribution in [3.63, 3.8) is 0 Å². The summed E-state index contributed by atoms with van der Waals surface area (Å²) in [6.07, 6.45) is 7.32. The second-order valence-corrected chi connectivity index (χ2v) is 10.9. The molecule has 0 fully saturated rings. The van der Waals surface area contributed by atoms with Crippen LogP contribution in [0.5, 0.6) is 0 Å². The Hall–Kier alpha value is -0.393. The second-order valence-electron chi connectivity index (χ2n) is 7.47. The Morgan fingerprint density at radius 3 is 1.50 bits per heavy atom. The lowest BCUT2D eigenvalue weighted by atomic mass is 10.1. The number of hydrogen-bond acceptors (Lipinski definition) is 3. The SMILES string of the molecule is CCCCO[Si](OCCCC)(OCCCC)C(C)c1ccc(C(Cl)CC)cc1. The van der Waals surface area contributed by atoms with E-state index in [0.717, 1.165) is 50.5 Å². The average molecular weight is 429 g/mol. The van der Waals surface area contributed by atoms with Gasteiger partial charge in [0, 0.05) is 19.8 Å². The summed E-state index contributed by atoms with van der Waals surface area (Å²) >= 11 is 6.40. The van der Waals surface area contributed by atoms with Gasteiger partial charge in [-0.25, -0.2) is 0 Å². The van der Waals surface area contributed by atoms with Crippen molar-refractivity contribution in [2.24, 2.45) is 0 Å². The normalized spacial score (nSPS) is 14.2. The molecule has 0 radical (unpaired) electrons. The molecule has 0 aliphatic heterocycles. The fourth-order valence-electron chi connectivity index (χ4n) is 3.01. The largest absolute Gasteiger partial charge is 0.508 e. The highest BCUT2D eigenvalue weighted by Gasteiger charge is 2.48. The quantitative estimate of drug-likeness (QED) is 0.156. The van der Waals surface area contributed by atoms with Crippen molar-refractivity contribution >= 4 is 20.4 Å². The van der Waals surface area contributed by atoms with Crippen LogP contribution in [0.4, 0.5) is 0 Å². The van der Waals surface area contributed by atoms with Crippen LogP contribution < -0.4 is 0 Å². The minimum absolute atomic E-state index is 0.0637. The molecule has 2 unspecified atom stereocenters. The van der Waals surface area contributed by atoms with Crippen molar-refractivity contribution in [3.8, 4) is 0 Å². The third kappa shape index (κ3) is 8.15. The fraction of sp³-hybridized carbons (Fsp3) is 0.739. The van der Waals surface area contributed by atoms with Crippen molar-refractivity contribution in [1.82, 2.24) is 0 Å². The van der Waals surface area contributed by atoms with Crippen LogP contribution in [0, 0.1) is 0 Å². The maximum atomic E-state index is 6.45. The minimum atomic E-state index is -2.84. The van der Waals surface area contributed by atoms with Crippen LogP contribution in [-0.2, 0) is 13.3 Å². The highest BCUT2D eigenvalue weighted by Crippen LogP contribution is 2.32. The highest BCUT2D eigenvalue weighted by atomic mass is 35.5. The zero-order valence-corrected chi connectivity index (χ0v) is 20.4. The van der Waals surface area contributed by atoms with Gasteiger partial charge in [0.2, 0.25) is 0 Å². The van der Waals surface area contributed by atoms with E-state index >= 15 is 0 Å². The van der Waals surface area contributed by atoms with Gasteiger partial charge in [-0.2, -0.15) is 0 Å². The summed E-state index contributed by atoms with van der Waals surface area (Å²) in [6, 6.07) is 8.61. The smallest absolute Gasteiger partial charge is 0.373 e. The first-order valence-electron chi connectivity index (χ1n) is 11.2. The van der Waals surface area contributed by atoms with Gasteiger partial charge in [-0.15, -0.1) is 11.6 Å². The van der Waals surface area contributed by atoms with E-state index in [9.17, 15) is 0 Å². The van der Waals surface area contributed by atoms with Crippen molar-refractivity contribution in [1.29, 1.82) is 0 Å². The van der Waals surface area contributed by atoms with Gasteiger partial charge in [0.1, 0.15) is 0 Å². The van der Waals surface area contributed by atoms with Crippen molar-refractivity contribution < 1.29 is 13.3 Å². The molecule has 0 aromatic heterocycles. The van der Waals surface area contributed by atoms with Crippen LogP contribution >= 0.6 is 11.6 Å². The van der Waals surface area contributed by atoms with E-state index in [-0.39, 0.29) is 10.9 Å². The topological polar surface area (TPSA) is 27.7 Å². The van der Waals surface area contributed by atoms with E-state index in [1.165, 1.54) is 5.56 Å². The molecule has 0 bridgehead atoms. The molecule has 0 spiro atoms. The number of halogens is 1. The molecule has 0 aliphatic carbocycles. The zero-order valence-electron chi connectivity index (χ0n) is 18.6. The van der Waals surface area contributed by atoms with Gasteiger partial charge in [-0.3, -0.25) is 0 Å². The summed E-state index contributed by atoms with van der Waals surface area (Å²) in [4.78, 5) is 0. The first-order chi connectivity index (χ1) is 13.5. The Bertz CT molecular complexity index is 483. The molecule has 0 heterocycles. The summed E-state index contributed by atoms with van der Waals surface area (Å²) in [6.45, 7) is 12.9. The van der Waals surface area contributed by atoms with Crippen LogP contribution in [0.2, 0.25) is 0 Å². The summed E-state index contributed by atoms with van der Waals surface area (Å²) < 4.78 is 19.3. The monoisotopic (exact) mass is 428 g/mol. The van der Waals surface area contributed by atoms with Crippen molar-refractivity contribution in [2.45, 2.75) is 90.5 Å². The highest BCUT2D eigenvalue weighted by molar-refractivity contribution is 6.62. The lowest BCUT2D eigenvalue weighted by Crippen LogP contribution is -2.51. The molecule has 0 saturated heterocycles. The molecule has 28 heavy (non-hydrogen) atoms. The zero-order chi connectivity index (χ0) is 20.8. The Morgan fingerprint density at radius 1 is 0.750 bits per heavy atom. The molecule has 0 N–H and O–H groups in total. The summed E-state index contributed by atoms with van der Waals surface area (Å²) in [5.41, 5.74) is 2.47. The van der Waals surface area contributed by atoms with Gasteiger partial charge in [-0.05, 0) is 36.8 Å². The van der Waals surface area contributed by atoms with Gasteiger partial charge in [0.05, 0.1) is 10.9 Å². The molecule has 0 amide bonds. The molecule has 2 atom stereocenters. The van der Waals surface area contributed by atoms with E-state index in [4.69, 9.17) is 24.9 Å². The molecule has 1 aromatic carbocycles. The van der Waals surface area contributed by atoms with Crippen molar-refractivity contribution in [3.05, 3.63) is 35.4 Å². The third-order valence-electron chi connectivity index (χ3n) is 5.09.